The summed E-state index contributed by atoms with van der Waals surface area (Å²) in [5.41, 5.74) is 3.21. The normalized spacial score (nSPS) is 15.5. The van der Waals surface area contributed by atoms with E-state index in [1.807, 2.05) is 6.92 Å². The average molecular weight is 455 g/mol. The molecule has 0 unspecified atom stereocenters. The van der Waals surface area contributed by atoms with Crippen LogP contribution in [-0.4, -0.2) is 21.6 Å². The Labute approximate surface area is 187 Å². The van der Waals surface area contributed by atoms with Crippen molar-refractivity contribution in [3.05, 3.63) is 32.3 Å². The Bertz CT molecular complexity index is 1190. The second-order valence-electron chi connectivity index (χ2n) is 7.83. The highest BCUT2D eigenvalue weighted by molar-refractivity contribution is 8.00. The Hall–Kier alpha value is -1.95. The monoisotopic (exact) mass is 454 g/mol. The van der Waals surface area contributed by atoms with Crippen LogP contribution in [0.5, 0.6) is 0 Å². The number of hydrogen-bond donors (Lipinski definition) is 1. The lowest BCUT2D eigenvalue weighted by Crippen LogP contribution is -2.14. The maximum absolute atomic E-state index is 12.8. The van der Waals surface area contributed by atoms with Gasteiger partial charge >= 0.3 is 0 Å². The van der Waals surface area contributed by atoms with Crippen LogP contribution in [0.2, 0.25) is 0 Å². The van der Waals surface area contributed by atoms with Crippen LogP contribution in [-0.2, 0) is 30.5 Å². The molecule has 0 atom stereocenters. The van der Waals surface area contributed by atoms with Crippen LogP contribution in [0.1, 0.15) is 58.0 Å². The zero-order chi connectivity index (χ0) is 20.7. The van der Waals surface area contributed by atoms with Gasteiger partial charge in [0.05, 0.1) is 11.3 Å². The molecule has 0 fully saturated rings. The predicted molar refractivity (Wildman–Crippen MR) is 124 cm³/mol. The molecule has 0 spiro atoms. The SMILES string of the molecule is Cc1nc(SCC(=O)Nc2sc3c(c2C#N)CCCCC3)c2c3c(sc2n1)CCC3. The van der Waals surface area contributed by atoms with Gasteiger partial charge in [-0.1, -0.05) is 18.2 Å². The summed E-state index contributed by atoms with van der Waals surface area (Å²) in [6.45, 7) is 1.91. The average Bonchev–Trinajstić information content (AvgIpc) is 3.34. The van der Waals surface area contributed by atoms with Crippen molar-refractivity contribution >= 4 is 55.6 Å². The fourth-order valence-corrected chi connectivity index (χ4v) is 7.94. The van der Waals surface area contributed by atoms with Gasteiger partial charge in [-0.2, -0.15) is 5.26 Å². The van der Waals surface area contributed by atoms with E-state index >= 15 is 0 Å². The first-order valence-corrected chi connectivity index (χ1v) is 13.0. The zero-order valence-corrected chi connectivity index (χ0v) is 19.3. The van der Waals surface area contributed by atoms with Crippen LogP contribution in [0.4, 0.5) is 5.00 Å². The molecule has 8 heteroatoms. The van der Waals surface area contributed by atoms with E-state index in [2.05, 4.69) is 21.4 Å². The van der Waals surface area contributed by atoms with Crippen molar-refractivity contribution in [2.45, 2.75) is 63.3 Å². The molecule has 0 radical (unpaired) electrons. The molecule has 0 bridgehead atoms. The summed E-state index contributed by atoms with van der Waals surface area (Å²) in [7, 11) is 0. The van der Waals surface area contributed by atoms with Gasteiger partial charge in [0.1, 0.15) is 26.8 Å². The highest BCUT2D eigenvalue weighted by Crippen LogP contribution is 2.41. The summed E-state index contributed by atoms with van der Waals surface area (Å²) in [4.78, 5) is 25.8. The van der Waals surface area contributed by atoms with Gasteiger partial charge in [-0.3, -0.25) is 4.79 Å². The third-order valence-corrected chi connectivity index (χ3v) is 9.14. The molecule has 154 valence electrons. The number of rotatable bonds is 4. The van der Waals surface area contributed by atoms with E-state index in [1.54, 1.807) is 22.7 Å². The Morgan fingerprint density at radius 2 is 1.83 bits per heavy atom. The zero-order valence-electron chi connectivity index (χ0n) is 16.8. The molecular formula is C22H22N4OS3. The number of hydrogen-bond acceptors (Lipinski definition) is 7. The molecule has 3 heterocycles. The number of nitriles is 1. The first-order chi connectivity index (χ1) is 14.6. The standard InChI is InChI=1S/C22H22N4OS3/c1-12-24-21(19-14-7-5-9-17(14)30-22(19)25-12)28-11-18(27)26-20-15(10-23)13-6-3-2-4-8-16(13)29-20/h2-9,11H2,1H3,(H,26,27). The van der Waals surface area contributed by atoms with Crippen LogP contribution in [0.15, 0.2) is 5.03 Å². The van der Waals surface area contributed by atoms with E-state index in [0.29, 0.717) is 5.56 Å². The summed E-state index contributed by atoms with van der Waals surface area (Å²) in [6.07, 6.45) is 8.85. The lowest BCUT2D eigenvalue weighted by Gasteiger charge is -2.06. The number of carbonyl (C=O) groups is 1. The number of nitrogens with one attached hydrogen (secondary N) is 1. The summed E-state index contributed by atoms with van der Waals surface area (Å²) in [5.74, 6) is 0.951. The van der Waals surface area contributed by atoms with Crippen molar-refractivity contribution in [2.24, 2.45) is 0 Å². The van der Waals surface area contributed by atoms with Gasteiger partial charge in [-0.15, -0.1) is 22.7 Å². The molecular weight excluding hydrogens is 432 g/mol. The van der Waals surface area contributed by atoms with E-state index in [1.165, 1.54) is 39.9 Å². The number of aryl methyl sites for hydroxylation is 4. The molecule has 1 N–H and O–H groups in total. The van der Waals surface area contributed by atoms with Crippen molar-refractivity contribution in [2.75, 3.05) is 11.1 Å². The third kappa shape index (κ3) is 3.64. The Kier molecular flexibility index (Phi) is 5.52. The molecule has 5 rings (SSSR count). The third-order valence-electron chi connectivity index (χ3n) is 5.77. The van der Waals surface area contributed by atoms with E-state index < -0.39 is 0 Å². The van der Waals surface area contributed by atoms with Gasteiger partial charge in [-0.25, -0.2) is 9.97 Å². The Morgan fingerprint density at radius 3 is 2.70 bits per heavy atom. The van der Waals surface area contributed by atoms with Gasteiger partial charge in [-0.05, 0) is 63.0 Å². The van der Waals surface area contributed by atoms with Crippen LogP contribution < -0.4 is 5.32 Å². The molecule has 0 aliphatic heterocycles. The molecule has 0 aromatic carbocycles. The highest BCUT2D eigenvalue weighted by atomic mass is 32.2. The smallest absolute Gasteiger partial charge is 0.235 e. The minimum atomic E-state index is -0.0794. The first kappa shape index (κ1) is 20.0. The summed E-state index contributed by atoms with van der Waals surface area (Å²) in [6, 6.07) is 2.34. The topological polar surface area (TPSA) is 78.7 Å². The summed E-state index contributed by atoms with van der Waals surface area (Å²) < 4.78 is 0. The van der Waals surface area contributed by atoms with Gasteiger partial charge < -0.3 is 5.32 Å². The van der Waals surface area contributed by atoms with Crippen molar-refractivity contribution < 1.29 is 4.79 Å². The molecule has 2 aliphatic carbocycles. The quantitative estimate of drug-likeness (QED) is 0.323. The second-order valence-corrected chi connectivity index (χ2v) is 11.0. The van der Waals surface area contributed by atoms with E-state index in [9.17, 15) is 10.1 Å². The predicted octanol–water partition coefficient (Wildman–Crippen LogP) is 5.42. The summed E-state index contributed by atoms with van der Waals surface area (Å²) in [5, 5.41) is 15.5. The van der Waals surface area contributed by atoms with Gasteiger partial charge in [0, 0.05) is 15.1 Å². The lowest BCUT2D eigenvalue weighted by atomic mass is 10.1. The van der Waals surface area contributed by atoms with E-state index in [0.717, 1.165) is 70.2 Å². The van der Waals surface area contributed by atoms with Crippen molar-refractivity contribution in [1.82, 2.24) is 9.97 Å². The number of fused-ring (bicyclic) bond motifs is 4. The van der Waals surface area contributed by atoms with Gasteiger partial charge in [0.25, 0.3) is 0 Å². The summed E-state index contributed by atoms with van der Waals surface area (Å²) >= 11 is 4.84. The molecule has 3 aromatic heterocycles. The number of amides is 1. The van der Waals surface area contributed by atoms with Crippen LogP contribution in [0.3, 0.4) is 0 Å². The lowest BCUT2D eigenvalue weighted by molar-refractivity contribution is -0.113. The first-order valence-electron chi connectivity index (χ1n) is 10.4. The molecule has 0 saturated carbocycles. The maximum atomic E-state index is 12.8. The van der Waals surface area contributed by atoms with Gasteiger partial charge in [0.2, 0.25) is 5.91 Å². The Morgan fingerprint density at radius 1 is 1.07 bits per heavy atom. The van der Waals surface area contributed by atoms with Gasteiger partial charge in [0.15, 0.2) is 0 Å². The van der Waals surface area contributed by atoms with Crippen LogP contribution >= 0.6 is 34.4 Å². The number of carbonyl (C=O) groups excluding carboxylic acids is 1. The molecule has 30 heavy (non-hydrogen) atoms. The van der Waals surface area contributed by atoms with Crippen LogP contribution in [0, 0.1) is 18.3 Å². The van der Waals surface area contributed by atoms with Crippen LogP contribution in [0.25, 0.3) is 10.2 Å². The molecule has 2 aliphatic rings. The molecule has 3 aromatic rings. The largest absolute Gasteiger partial charge is 0.316 e. The van der Waals surface area contributed by atoms with Crippen molar-refractivity contribution in [1.29, 1.82) is 5.26 Å². The Balaban J connectivity index is 1.35. The van der Waals surface area contributed by atoms with Crippen molar-refractivity contribution in [3.8, 4) is 6.07 Å². The number of thioether (sulfide) groups is 1. The minimum Gasteiger partial charge on any atom is -0.316 e. The fraction of sp³-hybridized carbons (Fsp3) is 0.455. The van der Waals surface area contributed by atoms with Crippen molar-refractivity contribution in [3.63, 3.8) is 0 Å². The number of anilines is 1. The maximum Gasteiger partial charge on any atom is 0.235 e. The molecule has 1 amide bonds. The number of nitrogens with zero attached hydrogens (tertiary/aromatic N) is 3. The minimum absolute atomic E-state index is 0.0794. The molecule has 0 saturated heterocycles. The highest BCUT2D eigenvalue weighted by Gasteiger charge is 2.24. The van der Waals surface area contributed by atoms with E-state index in [4.69, 9.17) is 0 Å². The number of thiophene rings is 2. The second kappa shape index (κ2) is 8.29. The van der Waals surface area contributed by atoms with E-state index in [-0.39, 0.29) is 11.7 Å². The fourth-order valence-electron chi connectivity index (χ4n) is 4.41. The molecule has 5 nitrogen and oxygen atoms in total. The number of aromatic nitrogens is 2.